The molecule has 9 nitrogen and oxygen atoms in total. The molecular weight excluding hydrogens is 554 g/mol. The van der Waals surface area contributed by atoms with Gasteiger partial charge in [0.15, 0.2) is 0 Å². The quantitative estimate of drug-likeness (QED) is 0.485. The molecular formula is C29H42ClN3O6S. The van der Waals surface area contributed by atoms with Crippen molar-refractivity contribution in [3.8, 4) is 5.75 Å². The number of aliphatic hydroxyl groups excluding tert-OH is 1. The summed E-state index contributed by atoms with van der Waals surface area (Å²) in [5.41, 5.74) is 0.440. The highest BCUT2D eigenvalue weighted by molar-refractivity contribution is 7.92. The molecule has 40 heavy (non-hydrogen) atoms. The van der Waals surface area contributed by atoms with Crippen LogP contribution < -0.4 is 9.46 Å². The first kappa shape index (κ1) is 32.1. The number of fused-ring (bicyclic) bond motifs is 1. The van der Waals surface area contributed by atoms with Crippen LogP contribution in [0.4, 0.5) is 5.69 Å². The number of carbonyl (C=O) groups excluding carboxylic acids is 1. The fourth-order valence-electron chi connectivity index (χ4n) is 4.64. The summed E-state index contributed by atoms with van der Waals surface area (Å²) in [5.74, 6) is -0.0186. The maximum atomic E-state index is 14.1. The molecule has 0 saturated carbocycles. The lowest BCUT2D eigenvalue weighted by Gasteiger charge is -2.35. The molecule has 0 spiro atoms. The molecule has 0 radical (unpaired) electrons. The minimum absolute atomic E-state index is 0.0295. The number of carbonyl (C=O) groups is 1. The second kappa shape index (κ2) is 14.5. The number of hydrogen-bond acceptors (Lipinski definition) is 7. The van der Waals surface area contributed by atoms with Gasteiger partial charge in [0.05, 0.1) is 35.3 Å². The van der Waals surface area contributed by atoms with Gasteiger partial charge in [-0.1, -0.05) is 18.5 Å². The van der Waals surface area contributed by atoms with E-state index >= 15 is 0 Å². The molecule has 222 valence electrons. The van der Waals surface area contributed by atoms with Crippen LogP contribution in [-0.2, 0) is 14.8 Å². The van der Waals surface area contributed by atoms with E-state index in [9.17, 15) is 18.3 Å². The number of amides is 1. The topological polar surface area (TPSA) is 108 Å². The number of ether oxygens (including phenoxy) is 2. The van der Waals surface area contributed by atoms with Gasteiger partial charge < -0.3 is 24.4 Å². The van der Waals surface area contributed by atoms with Crippen LogP contribution in [0.1, 0.15) is 50.4 Å². The SMILES string of the molecule is C[C@H](CO)N1C[C@H](C)[C@H](CN(C)C)OCCCC[C@H](C)Oc2ccc(NS(=O)(=O)c3ccc(Cl)cc3)cc2C1=O. The van der Waals surface area contributed by atoms with Gasteiger partial charge in [-0.25, -0.2) is 8.42 Å². The van der Waals surface area contributed by atoms with Crippen molar-refractivity contribution in [1.29, 1.82) is 0 Å². The number of sulfonamides is 1. The van der Waals surface area contributed by atoms with Gasteiger partial charge in [0, 0.05) is 36.3 Å². The maximum absolute atomic E-state index is 14.1. The van der Waals surface area contributed by atoms with E-state index in [2.05, 4.69) is 9.62 Å². The van der Waals surface area contributed by atoms with E-state index in [-0.39, 0.29) is 46.8 Å². The van der Waals surface area contributed by atoms with Crippen molar-refractivity contribution in [3.05, 3.63) is 53.1 Å². The minimum Gasteiger partial charge on any atom is -0.490 e. The molecule has 2 aromatic rings. The molecule has 2 N–H and O–H groups in total. The van der Waals surface area contributed by atoms with Gasteiger partial charge in [0.1, 0.15) is 5.75 Å². The first-order valence-corrected chi connectivity index (χ1v) is 15.5. The number of rotatable bonds is 7. The molecule has 1 amide bonds. The molecule has 11 heteroatoms. The molecule has 0 saturated heterocycles. The van der Waals surface area contributed by atoms with Gasteiger partial charge in [-0.05, 0) is 89.7 Å². The van der Waals surface area contributed by atoms with Gasteiger partial charge in [-0.2, -0.15) is 0 Å². The fourth-order valence-corrected chi connectivity index (χ4v) is 5.81. The van der Waals surface area contributed by atoms with Gasteiger partial charge in [-0.15, -0.1) is 0 Å². The summed E-state index contributed by atoms with van der Waals surface area (Å²) >= 11 is 5.92. The predicted octanol–water partition coefficient (Wildman–Crippen LogP) is 4.50. The van der Waals surface area contributed by atoms with Crippen molar-refractivity contribution in [2.24, 2.45) is 5.92 Å². The third-order valence-electron chi connectivity index (χ3n) is 6.97. The Morgan fingerprint density at radius 2 is 1.85 bits per heavy atom. The summed E-state index contributed by atoms with van der Waals surface area (Å²) < 4.78 is 41.1. The monoisotopic (exact) mass is 595 g/mol. The maximum Gasteiger partial charge on any atom is 0.261 e. The van der Waals surface area contributed by atoms with Gasteiger partial charge in [0.25, 0.3) is 15.9 Å². The van der Waals surface area contributed by atoms with Gasteiger partial charge in [0.2, 0.25) is 0 Å². The highest BCUT2D eigenvalue weighted by atomic mass is 35.5. The number of hydrogen-bond donors (Lipinski definition) is 2. The summed E-state index contributed by atoms with van der Waals surface area (Å²) in [6.07, 6.45) is 2.28. The highest BCUT2D eigenvalue weighted by Gasteiger charge is 2.30. The smallest absolute Gasteiger partial charge is 0.261 e. The molecule has 1 aliphatic heterocycles. The summed E-state index contributed by atoms with van der Waals surface area (Å²) in [6, 6.07) is 10.1. The van der Waals surface area contributed by atoms with Crippen molar-refractivity contribution in [3.63, 3.8) is 0 Å². The van der Waals surface area contributed by atoms with Crippen LogP contribution in [0.15, 0.2) is 47.4 Å². The molecule has 0 unspecified atom stereocenters. The second-order valence-electron chi connectivity index (χ2n) is 10.8. The van der Waals surface area contributed by atoms with Gasteiger partial charge >= 0.3 is 0 Å². The molecule has 1 aliphatic rings. The van der Waals surface area contributed by atoms with E-state index in [1.54, 1.807) is 24.0 Å². The third-order valence-corrected chi connectivity index (χ3v) is 8.62. The number of halogens is 1. The number of likely N-dealkylation sites (N-methyl/N-ethyl adjacent to an activating group) is 1. The molecule has 1 heterocycles. The van der Waals surface area contributed by atoms with Crippen LogP contribution in [-0.4, -0.2) is 87.9 Å². The van der Waals surface area contributed by atoms with E-state index < -0.39 is 16.1 Å². The molecule has 2 aromatic carbocycles. The van der Waals surface area contributed by atoms with Crippen LogP contribution in [0.3, 0.4) is 0 Å². The Morgan fingerprint density at radius 3 is 2.50 bits per heavy atom. The zero-order valence-corrected chi connectivity index (χ0v) is 25.5. The van der Waals surface area contributed by atoms with Crippen LogP contribution in [0, 0.1) is 5.92 Å². The first-order chi connectivity index (χ1) is 18.9. The predicted molar refractivity (Wildman–Crippen MR) is 158 cm³/mol. The number of anilines is 1. The Kier molecular flexibility index (Phi) is 11.7. The summed E-state index contributed by atoms with van der Waals surface area (Å²) in [5, 5.41) is 10.5. The van der Waals surface area contributed by atoms with E-state index in [1.807, 2.05) is 27.9 Å². The number of benzene rings is 2. The molecule has 0 aromatic heterocycles. The first-order valence-electron chi connectivity index (χ1n) is 13.7. The van der Waals surface area contributed by atoms with Crippen molar-refractivity contribution >= 4 is 33.2 Å². The van der Waals surface area contributed by atoms with Crippen LogP contribution >= 0.6 is 11.6 Å². The molecule has 0 fully saturated rings. The van der Waals surface area contributed by atoms with Crippen molar-refractivity contribution < 1.29 is 27.8 Å². The normalized spacial score (nSPS) is 22.2. The Balaban J connectivity index is 2.02. The van der Waals surface area contributed by atoms with E-state index in [1.165, 1.54) is 30.3 Å². The lowest BCUT2D eigenvalue weighted by Crippen LogP contribution is -2.47. The summed E-state index contributed by atoms with van der Waals surface area (Å²) in [4.78, 5) is 17.8. The highest BCUT2D eigenvalue weighted by Crippen LogP contribution is 2.29. The fraction of sp³-hybridized carbons (Fsp3) is 0.552. The lowest BCUT2D eigenvalue weighted by atomic mass is 10.0. The van der Waals surface area contributed by atoms with Crippen LogP contribution in [0.25, 0.3) is 0 Å². The largest absolute Gasteiger partial charge is 0.490 e. The zero-order valence-electron chi connectivity index (χ0n) is 24.0. The van der Waals surface area contributed by atoms with Crippen molar-refractivity contribution in [2.75, 3.05) is 45.1 Å². The Labute approximate surface area is 243 Å². The molecule has 0 aliphatic carbocycles. The Bertz CT molecular complexity index is 1220. The van der Waals surface area contributed by atoms with Gasteiger partial charge in [-0.3, -0.25) is 9.52 Å². The number of nitrogens with zero attached hydrogens (tertiary/aromatic N) is 2. The van der Waals surface area contributed by atoms with Crippen molar-refractivity contribution in [1.82, 2.24) is 9.80 Å². The van der Waals surface area contributed by atoms with E-state index in [4.69, 9.17) is 21.1 Å². The average Bonchev–Trinajstić information content (AvgIpc) is 2.90. The number of nitrogens with one attached hydrogen (secondary N) is 1. The number of aliphatic hydroxyl groups is 1. The summed E-state index contributed by atoms with van der Waals surface area (Å²) in [6.45, 7) is 7.20. The zero-order chi connectivity index (χ0) is 29.4. The standard InChI is InChI=1S/C29H42ClN3O6S/c1-20-17-33(21(2)19-34)29(35)26-16-24(31-40(36,37)25-12-9-23(30)10-13-25)11-14-27(26)39-22(3)8-6-7-15-38-28(20)18-32(4)5/h9-14,16,20-22,28,31,34H,6-8,15,17-19H2,1-5H3/t20-,21+,22-,28-/m0/s1. The average molecular weight is 596 g/mol. The van der Waals surface area contributed by atoms with Crippen LogP contribution in [0.2, 0.25) is 5.02 Å². The third kappa shape index (κ3) is 8.81. The molecule has 3 rings (SSSR count). The van der Waals surface area contributed by atoms with E-state index in [0.29, 0.717) is 30.5 Å². The Morgan fingerprint density at radius 1 is 1.15 bits per heavy atom. The second-order valence-corrected chi connectivity index (χ2v) is 13.0. The lowest BCUT2D eigenvalue weighted by molar-refractivity contribution is -0.0137. The van der Waals surface area contributed by atoms with Crippen LogP contribution in [0.5, 0.6) is 5.75 Å². The van der Waals surface area contributed by atoms with Crippen molar-refractivity contribution in [2.45, 2.75) is 63.2 Å². The minimum atomic E-state index is -3.93. The summed E-state index contributed by atoms with van der Waals surface area (Å²) in [7, 11) is 0.0459. The molecule has 4 atom stereocenters. The van der Waals surface area contributed by atoms with E-state index in [0.717, 1.165) is 19.3 Å². The Hall–Kier alpha value is -2.37. The molecule has 0 bridgehead atoms.